The normalized spacial score (nSPS) is 11.9. The van der Waals surface area contributed by atoms with Crippen molar-refractivity contribution in [3.05, 3.63) is 88.2 Å². The minimum absolute atomic E-state index is 0. The topological polar surface area (TPSA) is 37.6 Å². The van der Waals surface area contributed by atoms with E-state index in [1.807, 2.05) is 32.0 Å². The van der Waals surface area contributed by atoms with E-state index >= 15 is 0 Å². The molecule has 0 aliphatic rings. The Morgan fingerprint density at radius 2 is 0.897 bits per heavy atom. The maximum absolute atomic E-state index is 4.86. The van der Waals surface area contributed by atoms with Crippen LogP contribution in [0.3, 0.4) is 0 Å². The molecule has 1 radical (unpaired) electrons. The van der Waals surface area contributed by atoms with Crippen molar-refractivity contribution in [2.75, 3.05) is 0 Å². The fourth-order valence-corrected chi connectivity index (χ4v) is 3.25. The van der Waals surface area contributed by atoms with Crippen LogP contribution >= 0.6 is 0 Å². The summed E-state index contributed by atoms with van der Waals surface area (Å²) in [6.07, 6.45) is 0. The molecule has 0 fully saturated rings. The number of nitrogens with zero attached hydrogens (tertiary/aromatic N) is 3. The summed E-state index contributed by atoms with van der Waals surface area (Å²) in [4.78, 5) is 14.5. The van der Waals surface area contributed by atoms with Gasteiger partial charge in [-0.05, 0) is 75.9 Å². The summed E-state index contributed by atoms with van der Waals surface area (Å²) in [6, 6.07) is 18.5. The molecule has 3 rings (SSSR count). The second-order valence-electron chi connectivity index (χ2n) is 7.28. The van der Waals surface area contributed by atoms with Crippen LogP contribution in [0.4, 0.5) is 11.4 Å². The van der Waals surface area contributed by atoms with Crippen LogP contribution in [0.15, 0.2) is 64.6 Å². The van der Waals surface area contributed by atoms with Crippen molar-refractivity contribution in [3.63, 3.8) is 0 Å². The van der Waals surface area contributed by atoms with E-state index in [-0.39, 0.29) is 16.8 Å². The van der Waals surface area contributed by atoms with E-state index < -0.39 is 0 Å². The Morgan fingerprint density at radius 1 is 0.586 bits per heavy atom. The number of rotatable bonds is 4. The predicted octanol–water partition coefficient (Wildman–Crippen LogP) is 6.59. The first-order valence-electron chi connectivity index (χ1n) is 9.57. The van der Waals surface area contributed by atoms with Crippen molar-refractivity contribution in [3.8, 4) is 0 Å². The molecule has 0 saturated carbocycles. The van der Waals surface area contributed by atoms with Crippen LogP contribution in [-0.4, -0.2) is 16.4 Å². The molecular weight excluding hydrogens is 401 g/mol. The standard InChI is InChI=1S/C25H27N3.Co/c1-16-10-7-11-17(2)24(16)26-20(5)22-14-9-15-23(28-22)21(6)27-25-18(3)12-8-13-19(25)4;/h7-15H,1-6H3;/b26-20+,27-21+;. The molecular formula is C25H27CoN3. The Balaban J connectivity index is 0.00000300. The van der Waals surface area contributed by atoms with Crippen molar-refractivity contribution in [2.24, 2.45) is 9.98 Å². The number of aliphatic imine (C=N–C) groups is 2. The number of pyridine rings is 1. The zero-order valence-corrected chi connectivity index (χ0v) is 18.9. The molecule has 29 heavy (non-hydrogen) atoms. The van der Waals surface area contributed by atoms with Crippen LogP contribution in [0, 0.1) is 27.7 Å². The van der Waals surface area contributed by atoms with Crippen molar-refractivity contribution < 1.29 is 16.8 Å². The summed E-state index contributed by atoms with van der Waals surface area (Å²) in [7, 11) is 0. The molecule has 3 nitrogen and oxygen atoms in total. The van der Waals surface area contributed by atoms with E-state index in [9.17, 15) is 0 Å². The van der Waals surface area contributed by atoms with Gasteiger partial charge in [-0.1, -0.05) is 42.5 Å². The van der Waals surface area contributed by atoms with Gasteiger partial charge in [-0.25, -0.2) is 4.98 Å². The molecule has 0 N–H and O–H groups in total. The summed E-state index contributed by atoms with van der Waals surface area (Å²) in [5.74, 6) is 0. The van der Waals surface area contributed by atoms with Gasteiger partial charge in [0.15, 0.2) is 0 Å². The number of aromatic nitrogens is 1. The predicted molar refractivity (Wildman–Crippen MR) is 120 cm³/mol. The summed E-state index contributed by atoms with van der Waals surface area (Å²) in [5, 5.41) is 0. The van der Waals surface area contributed by atoms with Crippen molar-refractivity contribution in [1.82, 2.24) is 4.98 Å². The molecule has 1 aromatic heterocycles. The Kier molecular flexibility index (Phi) is 7.65. The number of para-hydroxylation sites is 2. The molecule has 0 spiro atoms. The third-order valence-corrected chi connectivity index (χ3v) is 4.93. The molecule has 151 valence electrons. The summed E-state index contributed by atoms with van der Waals surface area (Å²) in [6.45, 7) is 12.4. The SMILES string of the molecule is C/C(=N\c1c(C)cccc1C)c1cccc(/C(C)=N/c2c(C)cccc2C)n1.[Co]. The molecule has 0 aliphatic heterocycles. The van der Waals surface area contributed by atoms with Crippen LogP contribution in [0.2, 0.25) is 0 Å². The molecule has 0 unspecified atom stereocenters. The first-order chi connectivity index (χ1) is 13.4. The van der Waals surface area contributed by atoms with Crippen molar-refractivity contribution in [1.29, 1.82) is 0 Å². The largest absolute Gasteiger partial charge is 0.251 e. The third-order valence-electron chi connectivity index (χ3n) is 4.93. The van der Waals surface area contributed by atoms with Gasteiger partial charge in [-0.15, -0.1) is 0 Å². The molecule has 0 saturated heterocycles. The number of hydrogen-bond donors (Lipinski definition) is 0. The van der Waals surface area contributed by atoms with Gasteiger partial charge in [-0.2, -0.15) is 0 Å². The quantitative estimate of drug-likeness (QED) is 0.432. The van der Waals surface area contributed by atoms with E-state index in [0.717, 1.165) is 34.2 Å². The van der Waals surface area contributed by atoms with Crippen LogP contribution in [0.5, 0.6) is 0 Å². The molecule has 2 aromatic carbocycles. The second-order valence-corrected chi connectivity index (χ2v) is 7.28. The third kappa shape index (κ3) is 5.28. The molecule has 0 amide bonds. The van der Waals surface area contributed by atoms with Gasteiger partial charge < -0.3 is 0 Å². The van der Waals surface area contributed by atoms with Crippen LogP contribution in [0.1, 0.15) is 47.5 Å². The van der Waals surface area contributed by atoms with E-state index in [2.05, 4.69) is 64.1 Å². The molecule has 0 atom stereocenters. The first kappa shape index (κ1) is 22.7. The second kappa shape index (κ2) is 9.77. The van der Waals surface area contributed by atoms with E-state index in [4.69, 9.17) is 15.0 Å². The van der Waals surface area contributed by atoms with Gasteiger partial charge in [0.25, 0.3) is 0 Å². The summed E-state index contributed by atoms with van der Waals surface area (Å²) in [5.41, 5.74) is 10.3. The van der Waals surface area contributed by atoms with Gasteiger partial charge in [-0.3, -0.25) is 9.98 Å². The van der Waals surface area contributed by atoms with Gasteiger partial charge in [0.1, 0.15) is 0 Å². The zero-order chi connectivity index (χ0) is 20.3. The Labute approximate surface area is 184 Å². The van der Waals surface area contributed by atoms with Gasteiger partial charge in [0.05, 0.1) is 34.2 Å². The maximum atomic E-state index is 4.86. The first-order valence-corrected chi connectivity index (χ1v) is 9.57. The van der Waals surface area contributed by atoms with Crippen LogP contribution < -0.4 is 0 Å². The molecule has 0 bridgehead atoms. The molecule has 0 aliphatic carbocycles. The number of aryl methyl sites for hydroxylation is 4. The van der Waals surface area contributed by atoms with E-state index in [0.29, 0.717) is 0 Å². The van der Waals surface area contributed by atoms with Gasteiger partial charge in [0, 0.05) is 16.8 Å². The number of hydrogen-bond acceptors (Lipinski definition) is 3. The number of benzene rings is 2. The molecule has 4 heteroatoms. The molecule has 3 aromatic rings. The van der Waals surface area contributed by atoms with Crippen molar-refractivity contribution in [2.45, 2.75) is 41.5 Å². The zero-order valence-electron chi connectivity index (χ0n) is 17.9. The van der Waals surface area contributed by atoms with E-state index in [1.165, 1.54) is 22.3 Å². The maximum Gasteiger partial charge on any atom is 0.0849 e. The van der Waals surface area contributed by atoms with Gasteiger partial charge in [0.2, 0.25) is 0 Å². The minimum Gasteiger partial charge on any atom is -0.251 e. The fourth-order valence-electron chi connectivity index (χ4n) is 3.25. The van der Waals surface area contributed by atoms with E-state index in [1.54, 1.807) is 0 Å². The van der Waals surface area contributed by atoms with Crippen LogP contribution in [-0.2, 0) is 16.8 Å². The smallest absolute Gasteiger partial charge is 0.0849 e. The summed E-state index contributed by atoms with van der Waals surface area (Å²) < 4.78 is 0. The molecule has 1 heterocycles. The Morgan fingerprint density at radius 3 is 1.24 bits per heavy atom. The Bertz CT molecular complexity index is 958. The average molecular weight is 428 g/mol. The summed E-state index contributed by atoms with van der Waals surface area (Å²) >= 11 is 0. The minimum atomic E-state index is 0. The van der Waals surface area contributed by atoms with Gasteiger partial charge >= 0.3 is 0 Å². The van der Waals surface area contributed by atoms with Crippen LogP contribution in [0.25, 0.3) is 0 Å². The fraction of sp³-hybridized carbons (Fsp3) is 0.240. The average Bonchev–Trinajstić information content (AvgIpc) is 2.67. The monoisotopic (exact) mass is 428 g/mol. The Hall–Kier alpha value is -2.56. The van der Waals surface area contributed by atoms with Crippen molar-refractivity contribution >= 4 is 22.8 Å².